The zero-order chi connectivity index (χ0) is 14.6. The fourth-order valence-corrected chi connectivity index (χ4v) is 2.84. The van der Waals surface area contributed by atoms with Gasteiger partial charge in [0.2, 0.25) is 10.0 Å². The van der Waals surface area contributed by atoms with Gasteiger partial charge in [0, 0.05) is 18.9 Å². The van der Waals surface area contributed by atoms with Gasteiger partial charge in [-0.05, 0) is 31.2 Å². The summed E-state index contributed by atoms with van der Waals surface area (Å²) in [6.45, 7) is 2.01. The van der Waals surface area contributed by atoms with Crippen molar-refractivity contribution >= 4 is 10.0 Å². The van der Waals surface area contributed by atoms with E-state index < -0.39 is 16.1 Å². The van der Waals surface area contributed by atoms with Crippen LogP contribution in [0.25, 0.3) is 0 Å². The molecule has 3 N–H and O–H groups in total. The molecule has 0 aliphatic heterocycles. The summed E-state index contributed by atoms with van der Waals surface area (Å²) in [6, 6.07) is 8.02. The zero-order valence-electron chi connectivity index (χ0n) is 11.0. The van der Waals surface area contributed by atoms with Gasteiger partial charge in [-0.15, -0.1) is 0 Å². The maximum absolute atomic E-state index is 12.2. The first-order chi connectivity index (χ1) is 9.53. The van der Waals surface area contributed by atoms with E-state index in [0.717, 1.165) is 0 Å². The molecule has 20 heavy (non-hydrogen) atoms. The van der Waals surface area contributed by atoms with Gasteiger partial charge >= 0.3 is 0 Å². The Balaban J connectivity index is 2.18. The lowest BCUT2D eigenvalue weighted by Crippen LogP contribution is -2.27. The van der Waals surface area contributed by atoms with Gasteiger partial charge < -0.3 is 5.73 Å². The predicted molar refractivity (Wildman–Crippen MR) is 75.1 cm³/mol. The molecule has 2 heterocycles. The maximum atomic E-state index is 12.2. The van der Waals surface area contributed by atoms with Crippen molar-refractivity contribution in [2.45, 2.75) is 24.4 Å². The molecule has 0 aliphatic rings. The second kappa shape index (κ2) is 6.08. The molecule has 0 saturated carbocycles. The third-order valence-corrected chi connectivity index (χ3v) is 4.31. The minimum Gasteiger partial charge on any atom is -0.325 e. The molecule has 0 fully saturated rings. The van der Waals surface area contributed by atoms with E-state index in [0.29, 0.717) is 11.4 Å². The topological polar surface area (TPSA) is 98.0 Å². The summed E-state index contributed by atoms with van der Waals surface area (Å²) in [5.41, 5.74) is 6.73. The molecule has 1 atom stereocenters. The SMILES string of the molecule is CC(NS(=O)(=O)c1ccc(CN)nc1)c1ccccn1. The quantitative estimate of drug-likeness (QED) is 0.856. The lowest BCUT2D eigenvalue weighted by Gasteiger charge is -2.13. The van der Waals surface area contributed by atoms with E-state index in [1.165, 1.54) is 12.3 Å². The number of hydrogen-bond donors (Lipinski definition) is 2. The van der Waals surface area contributed by atoms with Crippen molar-refractivity contribution in [3.8, 4) is 0 Å². The molecular formula is C13H16N4O2S. The van der Waals surface area contributed by atoms with Gasteiger partial charge in [-0.3, -0.25) is 9.97 Å². The van der Waals surface area contributed by atoms with Crippen molar-refractivity contribution in [1.82, 2.24) is 14.7 Å². The fraction of sp³-hybridized carbons (Fsp3) is 0.231. The number of rotatable bonds is 5. The van der Waals surface area contributed by atoms with Crippen LogP contribution in [0, 0.1) is 0 Å². The van der Waals surface area contributed by atoms with E-state index in [1.807, 2.05) is 6.07 Å². The van der Waals surface area contributed by atoms with Gasteiger partial charge in [0.05, 0.1) is 17.4 Å². The Bertz CT molecular complexity index is 657. The summed E-state index contributed by atoms with van der Waals surface area (Å²) in [6.07, 6.45) is 2.92. The van der Waals surface area contributed by atoms with Gasteiger partial charge in [0.1, 0.15) is 4.90 Å². The Kier molecular flexibility index (Phi) is 4.43. The van der Waals surface area contributed by atoms with Crippen molar-refractivity contribution in [2.24, 2.45) is 5.73 Å². The molecule has 0 amide bonds. The van der Waals surface area contributed by atoms with Crippen LogP contribution in [0.3, 0.4) is 0 Å². The maximum Gasteiger partial charge on any atom is 0.242 e. The highest BCUT2D eigenvalue weighted by Gasteiger charge is 2.19. The number of nitrogens with one attached hydrogen (secondary N) is 1. The van der Waals surface area contributed by atoms with E-state index in [9.17, 15) is 8.42 Å². The van der Waals surface area contributed by atoms with E-state index in [-0.39, 0.29) is 11.4 Å². The largest absolute Gasteiger partial charge is 0.325 e. The van der Waals surface area contributed by atoms with Crippen molar-refractivity contribution in [2.75, 3.05) is 0 Å². The van der Waals surface area contributed by atoms with Crippen LogP contribution in [0.4, 0.5) is 0 Å². The minimum absolute atomic E-state index is 0.109. The lowest BCUT2D eigenvalue weighted by molar-refractivity contribution is 0.563. The van der Waals surface area contributed by atoms with Crippen LogP contribution in [0.2, 0.25) is 0 Å². The first kappa shape index (κ1) is 14.6. The molecule has 2 aromatic heterocycles. The number of nitrogens with zero attached hydrogens (tertiary/aromatic N) is 2. The fourth-order valence-electron chi connectivity index (χ4n) is 1.68. The van der Waals surface area contributed by atoms with Crippen LogP contribution in [0.1, 0.15) is 24.4 Å². The summed E-state index contributed by atoms with van der Waals surface area (Å²) in [5.74, 6) is 0. The van der Waals surface area contributed by atoms with Crippen LogP contribution in [0.5, 0.6) is 0 Å². The van der Waals surface area contributed by atoms with E-state index in [2.05, 4.69) is 14.7 Å². The molecule has 0 aromatic carbocycles. The number of nitrogens with two attached hydrogens (primary N) is 1. The highest BCUT2D eigenvalue weighted by Crippen LogP contribution is 2.14. The second-order valence-corrected chi connectivity index (χ2v) is 6.00. The summed E-state index contributed by atoms with van der Waals surface area (Å²) < 4.78 is 27.0. The molecule has 1 unspecified atom stereocenters. The number of sulfonamides is 1. The van der Waals surface area contributed by atoms with Crippen molar-refractivity contribution in [3.63, 3.8) is 0 Å². The van der Waals surface area contributed by atoms with E-state index in [4.69, 9.17) is 5.73 Å². The molecule has 2 rings (SSSR count). The van der Waals surface area contributed by atoms with Crippen LogP contribution >= 0.6 is 0 Å². The minimum atomic E-state index is -3.63. The molecule has 0 bridgehead atoms. The third kappa shape index (κ3) is 3.38. The summed E-state index contributed by atoms with van der Waals surface area (Å²) in [4.78, 5) is 8.22. The number of aromatic nitrogens is 2. The molecule has 6 nitrogen and oxygen atoms in total. The molecule has 106 valence electrons. The van der Waals surface area contributed by atoms with Crippen LogP contribution in [0.15, 0.2) is 47.6 Å². The van der Waals surface area contributed by atoms with Crippen LogP contribution in [-0.4, -0.2) is 18.4 Å². The van der Waals surface area contributed by atoms with Gasteiger partial charge in [-0.1, -0.05) is 6.07 Å². The Morgan fingerprint density at radius 1 is 1.25 bits per heavy atom. The normalized spacial score (nSPS) is 13.1. The Labute approximate surface area is 118 Å². The highest BCUT2D eigenvalue weighted by molar-refractivity contribution is 7.89. The second-order valence-electron chi connectivity index (χ2n) is 4.29. The Hall–Kier alpha value is -1.83. The average Bonchev–Trinajstić information content (AvgIpc) is 2.48. The van der Waals surface area contributed by atoms with Gasteiger partial charge in [0.25, 0.3) is 0 Å². The summed E-state index contributed by atoms with van der Waals surface area (Å²) in [5, 5.41) is 0. The van der Waals surface area contributed by atoms with Crippen molar-refractivity contribution in [3.05, 3.63) is 54.1 Å². The predicted octanol–water partition coefficient (Wildman–Crippen LogP) is 0.975. The first-order valence-corrected chi connectivity index (χ1v) is 7.59. The standard InChI is InChI=1S/C13H16N4O2S/c1-10(13-4-2-3-7-15-13)17-20(18,19)12-6-5-11(8-14)16-9-12/h2-7,9-10,17H,8,14H2,1H3. The van der Waals surface area contributed by atoms with Gasteiger partial charge in [0.15, 0.2) is 0 Å². The van der Waals surface area contributed by atoms with Gasteiger partial charge in [-0.2, -0.15) is 0 Å². The Morgan fingerprint density at radius 3 is 2.60 bits per heavy atom. The molecular weight excluding hydrogens is 276 g/mol. The first-order valence-electron chi connectivity index (χ1n) is 6.11. The Morgan fingerprint density at radius 2 is 2.05 bits per heavy atom. The van der Waals surface area contributed by atoms with Crippen LogP contribution in [-0.2, 0) is 16.6 Å². The molecule has 2 aromatic rings. The van der Waals surface area contributed by atoms with Crippen molar-refractivity contribution < 1.29 is 8.42 Å². The zero-order valence-corrected chi connectivity index (χ0v) is 11.8. The lowest BCUT2D eigenvalue weighted by atomic mass is 10.2. The average molecular weight is 292 g/mol. The molecule has 0 aliphatic carbocycles. The smallest absolute Gasteiger partial charge is 0.242 e. The molecule has 0 saturated heterocycles. The van der Waals surface area contributed by atoms with E-state index in [1.54, 1.807) is 31.3 Å². The van der Waals surface area contributed by atoms with Gasteiger partial charge in [-0.25, -0.2) is 13.1 Å². The summed E-state index contributed by atoms with van der Waals surface area (Å²) in [7, 11) is -3.63. The summed E-state index contributed by atoms with van der Waals surface area (Å²) >= 11 is 0. The highest BCUT2D eigenvalue weighted by atomic mass is 32.2. The monoisotopic (exact) mass is 292 g/mol. The molecule has 7 heteroatoms. The number of pyridine rings is 2. The number of hydrogen-bond acceptors (Lipinski definition) is 5. The van der Waals surface area contributed by atoms with Crippen LogP contribution < -0.4 is 10.5 Å². The van der Waals surface area contributed by atoms with Crippen molar-refractivity contribution in [1.29, 1.82) is 0 Å². The van der Waals surface area contributed by atoms with E-state index >= 15 is 0 Å². The molecule has 0 radical (unpaired) electrons. The third-order valence-electron chi connectivity index (χ3n) is 2.78. The molecule has 0 spiro atoms.